The maximum Gasteiger partial charge on any atom is 0.199 e. The smallest absolute Gasteiger partial charge is 0.199 e. The number of carbonyl (C=O) groups excluding carboxylic acids is 1. The number of rotatable bonds is 2. The molecule has 0 saturated heterocycles. The summed E-state index contributed by atoms with van der Waals surface area (Å²) in [6.45, 7) is 3.48. The third-order valence-electron chi connectivity index (χ3n) is 1.90. The van der Waals surface area contributed by atoms with E-state index in [9.17, 15) is 9.90 Å². The van der Waals surface area contributed by atoms with Crippen LogP contribution in [0.25, 0.3) is 0 Å². The number of hydrogen-bond acceptors (Lipinski definition) is 2. The van der Waals surface area contributed by atoms with Crippen LogP contribution < -0.4 is 0 Å². The van der Waals surface area contributed by atoms with Crippen molar-refractivity contribution >= 4 is 51.6 Å². The summed E-state index contributed by atoms with van der Waals surface area (Å²) in [6, 6.07) is 0. The first-order valence-corrected chi connectivity index (χ1v) is 5.36. The number of hydrogen-bond donors (Lipinski definition) is 1. The number of aliphatic hydroxyl groups excluding tert-OH is 1. The molecule has 0 fully saturated rings. The summed E-state index contributed by atoms with van der Waals surface area (Å²) >= 11 is 13.5. The fraction of sp³-hybridized carbons (Fsp3) is 0.375. The van der Waals surface area contributed by atoms with Crippen molar-refractivity contribution < 1.29 is 9.90 Å². The summed E-state index contributed by atoms with van der Waals surface area (Å²) in [5.41, 5.74) is 0. The van der Waals surface area contributed by atoms with Gasteiger partial charge in [0.1, 0.15) is 11.0 Å². The summed E-state index contributed by atoms with van der Waals surface area (Å²) in [5, 5.41) is 9.67. The average Bonchev–Trinajstić information content (AvgIpc) is 2.23. The first-order chi connectivity index (χ1) is 5.95. The minimum absolute atomic E-state index is 0.0324. The summed E-state index contributed by atoms with van der Waals surface area (Å²) in [6.07, 6.45) is 0.679. The molecule has 72 valence electrons. The summed E-state index contributed by atoms with van der Waals surface area (Å²) < 4.78 is 0.404. The monoisotopic (exact) mass is 332 g/mol. The number of carbonyl (C=O) groups is 1. The summed E-state index contributed by atoms with van der Waals surface area (Å²) in [4.78, 5) is 10.2. The van der Waals surface area contributed by atoms with Gasteiger partial charge in [0.25, 0.3) is 0 Å². The molecule has 1 aliphatic carbocycles. The number of Topliss-reactive ketones (excluding diaryl/α,β-unsaturated/α-hetero) is 1. The molecule has 1 aliphatic rings. The molecule has 0 aromatic rings. The van der Waals surface area contributed by atoms with Crippen molar-refractivity contribution in [2.75, 3.05) is 0 Å². The molecular weight excluding hydrogens is 326 g/mol. The normalized spacial score (nSPS) is 34.2. The highest BCUT2D eigenvalue weighted by Crippen LogP contribution is 2.44. The summed E-state index contributed by atoms with van der Waals surface area (Å²) in [7, 11) is 0. The number of halogens is 3. The third-order valence-corrected chi connectivity index (χ3v) is 4.26. The van der Waals surface area contributed by atoms with Crippen LogP contribution in [0, 0.1) is 0 Å². The van der Waals surface area contributed by atoms with E-state index in [2.05, 4.69) is 6.58 Å². The Morgan fingerprint density at radius 3 is 2.62 bits per heavy atom. The van der Waals surface area contributed by atoms with Crippen LogP contribution in [0.4, 0.5) is 0 Å². The van der Waals surface area contributed by atoms with Crippen molar-refractivity contribution in [1.29, 1.82) is 0 Å². The van der Waals surface area contributed by atoms with E-state index in [1.54, 1.807) is 0 Å². The zero-order valence-corrected chi connectivity index (χ0v) is 10.2. The molecule has 0 unspecified atom stereocenters. The Morgan fingerprint density at radius 2 is 2.31 bits per heavy atom. The van der Waals surface area contributed by atoms with Crippen molar-refractivity contribution in [3.05, 3.63) is 21.3 Å². The van der Waals surface area contributed by atoms with Crippen molar-refractivity contribution in [2.24, 2.45) is 0 Å². The third kappa shape index (κ3) is 1.67. The standard InChI is InChI=1S/C8H7Cl2IO2/c1-2-3-8(10)6(12)4(9)5(11)7(8)13/h2,7,13H,1,3H2/t7-,8+/m1/s1. The fourth-order valence-corrected chi connectivity index (χ4v) is 2.74. The zero-order chi connectivity index (χ0) is 10.2. The van der Waals surface area contributed by atoms with Crippen LogP contribution in [0.2, 0.25) is 0 Å². The molecule has 1 N–H and O–H groups in total. The van der Waals surface area contributed by atoms with E-state index in [4.69, 9.17) is 23.2 Å². The SMILES string of the molecule is C=CC[C@]1(Cl)C(=O)C(Cl)=C(I)[C@H]1O. The van der Waals surface area contributed by atoms with Gasteiger partial charge in [-0.25, -0.2) is 0 Å². The number of allylic oxidation sites excluding steroid dienone is 2. The molecule has 2 atom stereocenters. The lowest BCUT2D eigenvalue weighted by Crippen LogP contribution is -2.39. The van der Waals surface area contributed by atoms with Gasteiger partial charge in [0.05, 0.1) is 5.03 Å². The van der Waals surface area contributed by atoms with Crippen LogP contribution in [0.3, 0.4) is 0 Å². The number of ketones is 1. The highest BCUT2D eigenvalue weighted by Gasteiger charge is 2.51. The minimum Gasteiger partial charge on any atom is -0.386 e. The second kappa shape index (κ2) is 3.88. The number of aliphatic hydroxyl groups is 1. The van der Waals surface area contributed by atoms with Gasteiger partial charge in [0, 0.05) is 3.58 Å². The Kier molecular flexibility index (Phi) is 3.43. The molecule has 0 radical (unpaired) electrons. The van der Waals surface area contributed by atoms with Gasteiger partial charge < -0.3 is 5.11 Å². The molecule has 0 bridgehead atoms. The van der Waals surface area contributed by atoms with E-state index in [-0.39, 0.29) is 11.5 Å². The average molecular weight is 333 g/mol. The fourth-order valence-electron chi connectivity index (χ4n) is 1.15. The van der Waals surface area contributed by atoms with E-state index in [0.29, 0.717) is 3.58 Å². The highest BCUT2D eigenvalue weighted by molar-refractivity contribution is 14.1. The van der Waals surface area contributed by atoms with Crippen LogP contribution in [0.15, 0.2) is 21.3 Å². The Hall–Kier alpha value is 0.420. The quantitative estimate of drug-likeness (QED) is 0.479. The van der Waals surface area contributed by atoms with E-state index >= 15 is 0 Å². The van der Waals surface area contributed by atoms with Crippen molar-refractivity contribution in [3.63, 3.8) is 0 Å². The predicted molar refractivity (Wildman–Crippen MR) is 61.3 cm³/mol. The molecular formula is C8H7Cl2IO2. The van der Waals surface area contributed by atoms with Gasteiger partial charge in [-0.3, -0.25) is 4.79 Å². The van der Waals surface area contributed by atoms with E-state index < -0.39 is 16.8 Å². The van der Waals surface area contributed by atoms with Gasteiger partial charge in [0.2, 0.25) is 0 Å². The Bertz CT molecular complexity index is 301. The molecule has 0 amide bonds. The highest BCUT2D eigenvalue weighted by atomic mass is 127. The molecule has 0 aliphatic heterocycles. The predicted octanol–water partition coefficient (Wildman–Crippen LogP) is 2.37. The lowest BCUT2D eigenvalue weighted by Gasteiger charge is -2.22. The van der Waals surface area contributed by atoms with Gasteiger partial charge in [0.15, 0.2) is 5.78 Å². The molecule has 0 heterocycles. The van der Waals surface area contributed by atoms with Gasteiger partial charge >= 0.3 is 0 Å². The Morgan fingerprint density at radius 1 is 1.77 bits per heavy atom. The molecule has 2 nitrogen and oxygen atoms in total. The largest absolute Gasteiger partial charge is 0.386 e. The summed E-state index contributed by atoms with van der Waals surface area (Å²) in [5.74, 6) is -0.423. The van der Waals surface area contributed by atoms with E-state index in [1.165, 1.54) is 6.08 Å². The first kappa shape index (κ1) is 11.5. The van der Waals surface area contributed by atoms with Crippen LogP contribution >= 0.6 is 45.8 Å². The van der Waals surface area contributed by atoms with Crippen molar-refractivity contribution in [2.45, 2.75) is 17.4 Å². The Balaban J connectivity index is 3.08. The number of alkyl halides is 1. The second-order valence-corrected chi connectivity index (χ2v) is 4.96. The van der Waals surface area contributed by atoms with Crippen LogP contribution in [0.1, 0.15) is 6.42 Å². The maximum absolute atomic E-state index is 11.5. The van der Waals surface area contributed by atoms with Crippen LogP contribution in [0.5, 0.6) is 0 Å². The maximum atomic E-state index is 11.5. The minimum atomic E-state index is -1.34. The van der Waals surface area contributed by atoms with Gasteiger partial charge in [-0.2, -0.15) is 0 Å². The van der Waals surface area contributed by atoms with Crippen LogP contribution in [-0.4, -0.2) is 21.9 Å². The first-order valence-electron chi connectivity index (χ1n) is 3.53. The van der Waals surface area contributed by atoms with Crippen molar-refractivity contribution in [1.82, 2.24) is 0 Å². The molecule has 0 aromatic carbocycles. The second-order valence-electron chi connectivity index (χ2n) is 2.75. The van der Waals surface area contributed by atoms with Gasteiger partial charge in [-0.15, -0.1) is 18.2 Å². The lowest BCUT2D eigenvalue weighted by atomic mass is 9.99. The lowest BCUT2D eigenvalue weighted by molar-refractivity contribution is -0.118. The molecule has 0 spiro atoms. The van der Waals surface area contributed by atoms with Gasteiger partial charge in [-0.1, -0.05) is 17.7 Å². The van der Waals surface area contributed by atoms with E-state index in [0.717, 1.165) is 0 Å². The molecule has 5 heteroatoms. The molecule has 1 rings (SSSR count). The van der Waals surface area contributed by atoms with Gasteiger partial charge in [-0.05, 0) is 29.0 Å². The van der Waals surface area contributed by atoms with Crippen molar-refractivity contribution in [3.8, 4) is 0 Å². The van der Waals surface area contributed by atoms with E-state index in [1.807, 2.05) is 22.6 Å². The molecule has 13 heavy (non-hydrogen) atoms. The van der Waals surface area contributed by atoms with Crippen LogP contribution in [-0.2, 0) is 4.79 Å². The zero-order valence-electron chi connectivity index (χ0n) is 6.56. The molecule has 0 saturated carbocycles. The molecule has 0 aromatic heterocycles. The Labute approximate surface area is 99.7 Å². The topological polar surface area (TPSA) is 37.3 Å².